The Morgan fingerprint density at radius 1 is 1.14 bits per heavy atom. The van der Waals surface area contributed by atoms with E-state index in [9.17, 15) is 4.79 Å². The van der Waals surface area contributed by atoms with E-state index in [1.165, 1.54) is 19.3 Å². The van der Waals surface area contributed by atoms with E-state index in [0.717, 1.165) is 24.0 Å². The molecule has 0 saturated heterocycles. The van der Waals surface area contributed by atoms with Crippen molar-refractivity contribution in [3.05, 3.63) is 23.3 Å². The van der Waals surface area contributed by atoms with Gasteiger partial charge in [-0.1, -0.05) is 6.42 Å². The van der Waals surface area contributed by atoms with Gasteiger partial charge in [-0.25, -0.2) is 0 Å². The number of carbonyl (C=O) groups is 1. The Morgan fingerprint density at radius 2 is 1.90 bits per heavy atom. The summed E-state index contributed by atoms with van der Waals surface area (Å²) in [5.74, 6) is 1.60. The minimum absolute atomic E-state index is 0. The summed E-state index contributed by atoms with van der Waals surface area (Å²) in [6, 6.07) is 4.19. The molecule has 116 valence electrons. The SMILES string of the molecule is COc1ccc2c(c1OC)CCC(NC1CCC1)C2=O.Cl. The summed E-state index contributed by atoms with van der Waals surface area (Å²) < 4.78 is 10.7. The fourth-order valence-electron chi connectivity index (χ4n) is 3.10. The molecule has 0 aliphatic heterocycles. The van der Waals surface area contributed by atoms with Gasteiger partial charge >= 0.3 is 0 Å². The fourth-order valence-corrected chi connectivity index (χ4v) is 3.10. The van der Waals surface area contributed by atoms with E-state index in [2.05, 4.69) is 5.32 Å². The van der Waals surface area contributed by atoms with Crippen molar-refractivity contribution in [2.75, 3.05) is 14.2 Å². The molecule has 3 rings (SSSR count). The van der Waals surface area contributed by atoms with Crippen LogP contribution in [0.1, 0.15) is 41.6 Å². The van der Waals surface area contributed by atoms with Crippen LogP contribution in [0.2, 0.25) is 0 Å². The summed E-state index contributed by atoms with van der Waals surface area (Å²) in [6.45, 7) is 0. The van der Waals surface area contributed by atoms with Crippen LogP contribution in [-0.2, 0) is 6.42 Å². The van der Waals surface area contributed by atoms with Gasteiger partial charge in [0.25, 0.3) is 0 Å². The molecular formula is C16H22ClNO3. The average molecular weight is 312 g/mol. The maximum Gasteiger partial charge on any atom is 0.180 e. The van der Waals surface area contributed by atoms with Crippen molar-refractivity contribution < 1.29 is 14.3 Å². The maximum atomic E-state index is 12.6. The molecule has 0 radical (unpaired) electrons. The van der Waals surface area contributed by atoms with Crippen LogP contribution in [0.4, 0.5) is 0 Å². The maximum absolute atomic E-state index is 12.6. The van der Waals surface area contributed by atoms with E-state index in [0.29, 0.717) is 17.5 Å². The molecule has 0 heterocycles. The topological polar surface area (TPSA) is 47.6 Å². The number of carbonyl (C=O) groups excluding carboxylic acids is 1. The van der Waals surface area contributed by atoms with Crippen molar-refractivity contribution in [1.82, 2.24) is 5.32 Å². The number of Topliss-reactive ketones (excluding diaryl/α,β-unsaturated/α-hetero) is 1. The van der Waals surface area contributed by atoms with Crippen LogP contribution in [0.3, 0.4) is 0 Å². The quantitative estimate of drug-likeness (QED) is 0.929. The summed E-state index contributed by atoms with van der Waals surface area (Å²) in [5.41, 5.74) is 1.77. The van der Waals surface area contributed by atoms with E-state index in [1.807, 2.05) is 12.1 Å². The lowest BCUT2D eigenvalue weighted by Gasteiger charge is -2.33. The van der Waals surface area contributed by atoms with Crippen molar-refractivity contribution in [2.45, 2.75) is 44.2 Å². The molecular weight excluding hydrogens is 290 g/mol. The van der Waals surface area contributed by atoms with E-state index < -0.39 is 0 Å². The highest BCUT2D eigenvalue weighted by Gasteiger charge is 2.32. The van der Waals surface area contributed by atoms with E-state index in [4.69, 9.17) is 9.47 Å². The normalized spacial score (nSPS) is 21.0. The summed E-state index contributed by atoms with van der Waals surface area (Å²) in [6.07, 6.45) is 5.36. The number of methoxy groups -OCH3 is 2. The van der Waals surface area contributed by atoms with E-state index in [1.54, 1.807) is 14.2 Å². The van der Waals surface area contributed by atoms with E-state index in [-0.39, 0.29) is 24.2 Å². The first-order valence-corrected chi connectivity index (χ1v) is 7.28. The minimum Gasteiger partial charge on any atom is -0.493 e. The van der Waals surface area contributed by atoms with Gasteiger partial charge in [0.05, 0.1) is 20.3 Å². The molecule has 0 spiro atoms. The third kappa shape index (κ3) is 2.87. The number of nitrogens with one attached hydrogen (secondary N) is 1. The van der Waals surface area contributed by atoms with Gasteiger partial charge in [-0.15, -0.1) is 12.4 Å². The molecule has 4 nitrogen and oxygen atoms in total. The molecule has 1 fully saturated rings. The number of rotatable bonds is 4. The number of hydrogen-bond acceptors (Lipinski definition) is 4. The number of ketones is 1. The monoisotopic (exact) mass is 311 g/mol. The van der Waals surface area contributed by atoms with Crippen LogP contribution in [-0.4, -0.2) is 32.1 Å². The Bertz CT molecular complexity index is 528. The zero-order valence-electron chi connectivity index (χ0n) is 12.5. The molecule has 0 aromatic heterocycles. The Morgan fingerprint density at radius 3 is 2.48 bits per heavy atom. The van der Waals surface area contributed by atoms with Crippen LogP contribution >= 0.6 is 12.4 Å². The van der Waals surface area contributed by atoms with Crippen molar-refractivity contribution in [3.63, 3.8) is 0 Å². The molecule has 1 aromatic rings. The Hall–Kier alpha value is -1.26. The third-order valence-corrected chi connectivity index (χ3v) is 4.46. The predicted octanol–water partition coefficient (Wildman–Crippen LogP) is 2.77. The molecule has 1 aromatic carbocycles. The Balaban J connectivity index is 0.00000161. The minimum atomic E-state index is -0.0362. The lowest BCUT2D eigenvalue weighted by atomic mass is 9.84. The zero-order chi connectivity index (χ0) is 14.1. The van der Waals surface area contributed by atoms with Crippen LogP contribution in [0, 0.1) is 0 Å². The van der Waals surface area contributed by atoms with Gasteiger partial charge in [-0.05, 0) is 37.8 Å². The highest BCUT2D eigenvalue weighted by molar-refractivity contribution is 6.03. The molecule has 0 amide bonds. The fraction of sp³-hybridized carbons (Fsp3) is 0.562. The van der Waals surface area contributed by atoms with Crippen LogP contribution in [0.25, 0.3) is 0 Å². The van der Waals surface area contributed by atoms with Crippen LogP contribution in [0.5, 0.6) is 11.5 Å². The predicted molar refractivity (Wildman–Crippen MR) is 84.0 cm³/mol. The second kappa shape index (κ2) is 6.67. The van der Waals surface area contributed by atoms with Gasteiger partial charge in [-0.3, -0.25) is 4.79 Å². The van der Waals surface area contributed by atoms with Gasteiger partial charge in [0.15, 0.2) is 17.3 Å². The first kappa shape index (κ1) is 16.1. The Labute approximate surface area is 131 Å². The summed E-state index contributed by atoms with van der Waals surface area (Å²) in [7, 11) is 3.25. The highest BCUT2D eigenvalue weighted by atomic mass is 35.5. The number of hydrogen-bond donors (Lipinski definition) is 1. The van der Waals surface area contributed by atoms with Gasteiger partial charge in [0.1, 0.15) is 0 Å². The number of halogens is 1. The molecule has 1 saturated carbocycles. The van der Waals surface area contributed by atoms with Crippen LogP contribution < -0.4 is 14.8 Å². The number of ether oxygens (including phenoxy) is 2. The van der Waals surface area contributed by atoms with Crippen LogP contribution in [0.15, 0.2) is 12.1 Å². The van der Waals surface area contributed by atoms with Crippen molar-refractivity contribution in [3.8, 4) is 11.5 Å². The van der Waals surface area contributed by atoms with Gasteiger partial charge in [0, 0.05) is 17.2 Å². The molecule has 1 N–H and O–H groups in total. The average Bonchev–Trinajstić information content (AvgIpc) is 2.43. The van der Waals surface area contributed by atoms with Crippen molar-refractivity contribution >= 4 is 18.2 Å². The van der Waals surface area contributed by atoms with E-state index >= 15 is 0 Å². The molecule has 1 atom stereocenters. The van der Waals surface area contributed by atoms with Crippen molar-refractivity contribution in [1.29, 1.82) is 0 Å². The smallest absolute Gasteiger partial charge is 0.180 e. The third-order valence-electron chi connectivity index (χ3n) is 4.46. The standard InChI is InChI=1S/C16H21NO3.ClH/c1-19-14-9-7-11-12(16(14)20-2)6-8-13(15(11)18)17-10-4-3-5-10;/h7,9-10,13,17H,3-6,8H2,1-2H3;1H. The van der Waals surface area contributed by atoms with Gasteiger partial charge in [0.2, 0.25) is 0 Å². The molecule has 5 heteroatoms. The van der Waals surface area contributed by atoms with Gasteiger partial charge < -0.3 is 14.8 Å². The summed E-state index contributed by atoms with van der Waals surface area (Å²) >= 11 is 0. The summed E-state index contributed by atoms with van der Waals surface area (Å²) in [5, 5.41) is 3.49. The first-order valence-electron chi connectivity index (χ1n) is 7.28. The lowest BCUT2D eigenvalue weighted by molar-refractivity contribution is 0.0908. The zero-order valence-corrected chi connectivity index (χ0v) is 13.3. The molecule has 21 heavy (non-hydrogen) atoms. The molecule has 1 unspecified atom stereocenters. The molecule has 2 aliphatic rings. The number of benzene rings is 1. The second-order valence-electron chi connectivity index (χ2n) is 5.58. The Kier molecular flexibility index (Phi) is 5.12. The largest absolute Gasteiger partial charge is 0.493 e. The summed E-state index contributed by atoms with van der Waals surface area (Å²) in [4.78, 5) is 12.6. The van der Waals surface area contributed by atoms with Gasteiger partial charge in [-0.2, -0.15) is 0 Å². The molecule has 0 bridgehead atoms. The second-order valence-corrected chi connectivity index (χ2v) is 5.58. The van der Waals surface area contributed by atoms with Crippen molar-refractivity contribution in [2.24, 2.45) is 0 Å². The number of fused-ring (bicyclic) bond motifs is 1. The lowest BCUT2D eigenvalue weighted by Crippen LogP contribution is -2.48. The highest BCUT2D eigenvalue weighted by Crippen LogP contribution is 2.37. The molecule has 2 aliphatic carbocycles. The first-order chi connectivity index (χ1) is 9.74.